The van der Waals surface area contributed by atoms with Crippen LogP contribution in [-0.2, 0) is 4.79 Å². The first-order valence-corrected chi connectivity index (χ1v) is 9.68. The molecule has 1 saturated heterocycles. The molecular weight excluding hydrogens is 380 g/mol. The Labute approximate surface area is 172 Å². The zero-order valence-corrected chi connectivity index (χ0v) is 17.3. The van der Waals surface area contributed by atoms with Crippen LogP contribution in [0.1, 0.15) is 41.0 Å². The van der Waals surface area contributed by atoms with E-state index in [4.69, 9.17) is 0 Å². The van der Waals surface area contributed by atoms with Gasteiger partial charge in [0.25, 0.3) is 11.8 Å². The van der Waals surface area contributed by atoms with E-state index in [-0.39, 0.29) is 36.0 Å². The average Bonchev–Trinajstić information content (AvgIpc) is 2.92. The lowest BCUT2D eigenvalue weighted by Crippen LogP contribution is -2.52. The van der Waals surface area contributed by atoms with Gasteiger partial charge < -0.3 is 15.5 Å². The Morgan fingerprint density at radius 2 is 1.68 bits per heavy atom. The van der Waals surface area contributed by atoms with Crippen LogP contribution in [0.3, 0.4) is 0 Å². The van der Waals surface area contributed by atoms with Crippen molar-refractivity contribution >= 4 is 30.1 Å². The van der Waals surface area contributed by atoms with Crippen LogP contribution in [-0.4, -0.2) is 72.8 Å². The van der Waals surface area contributed by atoms with Gasteiger partial charge in [-0.25, -0.2) is 0 Å². The third-order valence-electron chi connectivity index (χ3n) is 5.16. The lowest BCUT2D eigenvalue weighted by Gasteiger charge is -2.29. The topological polar surface area (TPSA) is 81.8 Å². The molecule has 0 aliphatic carbocycles. The second kappa shape index (κ2) is 10.0. The van der Waals surface area contributed by atoms with Crippen LogP contribution in [0.15, 0.2) is 24.3 Å². The van der Waals surface area contributed by atoms with E-state index >= 15 is 0 Å². The number of piperazine rings is 1. The lowest BCUT2D eigenvalue weighted by atomic mass is 10.0. The maximum atomic E-state index is 12.8. The molecular formula is C20H29ClN4O3. The van der Waals surface area contributed by atoms with Crippen molar-refractivity contribution in [2.24, 2.45) is 5.92 Å². The van der Waals surface area contributed by atoms with Gasteiger partial charge in [0.2, 0.25) is 5.91 Å². The number of benzene rings is 1. The third kappa shape index (κ3) is 4.71. The summed E-state index contributed by atoms with van der Waals surface area (Å²) in [5.74, 6) is -1.20. The van der Waals surface area contributed by atoms with Crippen molar-refractivity contribution in [3.63, 3.8) is 0 Å². The van der Waals surface area contributed by atoms with Crippen molar-refractivity contribution in [2.45, 2.75) is 26.3 Å². The van der Waals surface area contributed by atoms with Gasteiger partial charge in [0.05, 0.1) is 11.1 Å². The fraction of sp³-hybridized carbons (Fsp3) is 0.550. The Morgan fingerprint density at radius 3 is 2.21 bits per heavy atom. The number of nitrogens with one attached hydrogen (secondary N) is 2. The highest BCUT2D eigenvalue weighted by molar-refractivity contribution is 6.22. The summed E-state index contributed by atoms with van der Waals surface area (Å²) in [4.78, 5) is 41.7. The highest BCUT2D eigenvalue weighted by Gasteiger charge is 2.43. The molecule has 0 bridgehead atoms. The summed E-state index contributed by atoms with van der Waals surface area (Å²) in [5.41, 5.74) is 0.749. The van der Waals surface area contributed by atoms with E-state index in [1.54, 1.807) is 24.3 Å². The minimum atomic E-state index is -0.795. The molecule has 7 nitrogen and oxygen atoms in total. The van der Waals surface area contributed by atoms with Crippen LogP contribution >= 0.6 is 12.4 Å². The maximum Gasteiger partial charge on any atom is 0.262 e. The number of halogens is 1. The van der Waals surface area contributed by atoms with Crippen molar-refractivity contribution in [1.82, 2.24) is 20.4 Å². The van der Waals surface area contributed by atoms with Gasteiger partial charge in [0, 0.05) is 32.7 Å². The molecule has 1 aromatic carbocycles. The minimum Gasteiger partial charge on any atom is -0.354 e. The largest absolute Gasteiger partial charge is 0.354 e. The van der Waals surface area contributed by atoms with Crippen molar-refractivity contribution in [3.8, 4) is 0 Å². The number of hydrogen-bond donors (Lipinski definition) is 2. The molecule has 2 N–H and O–H groups in total. The zero-order valence-electron chi connectivity index (χ0n) is 16.4. The number of fused-ring (bicyclic) bond motifs is 1. The van der Waals surface area contributed by atoms with Crippen LogP contribution in [0, 0.1) is 5.92 Å². The van der Waals surface area contributed by atoms with Gasteiger partial charge >= 0.3 is 0 Å². The predicted molar refractivity (Wildman–Crippen MR) is 110 cm³/mol. The molecule has 2 aliphatic heterocycles. The molecule has 8 heteroatoms. The molecule has 0 spiro atoms. The quantitative estimate of drug-likeness (QED) is 0.522. The zero-order chi connectivity index (χ0) is 19.4. The Bertz CT molecular complexity index is 684. The molecule has 0 radical (unpaired) electrons. The monoisotopic (exact) mass is 408 g/mol. The van der Waals surface area contributed by atoms with Gasteiger partial charge in [-0.3, -0.25) is 19.3 Å². The van der Waals surface area contributed by atoms with E-state index < -0.39 is 6.04 Å². The summed E-state index contributed by atoms with van der Waals surface area (Å²) in [6, 6.07) is 5.94. The van der Waals surface area contributed by atoms with Crippen LogP contribution < -0.4 is 10.6 Å². The average molecular weight is 409 g/mol. The number of imide groups is 1. The molecule has 1 atom stereocenters. The normalized spacial score (nSPS) is 18.0. The molecule has 3 amide bonds. The summed E-state index contributed by atoms with van der Waals surface area (Å²) in [7, 11) is 0. The molecule has 1 fully saturated rings. The summed E-state index contributed by atoms with van der Waals surface area (Å²) < 4.78 is 0. The van der Waals surface area contributed by atoms with Gasteiger partial charge in [-0.1, -0.05) is 26.0 Å². The molecule has 1 unspecified atom stereocenters. The van der Waals surface area contributed by atoms with Crippen LogP contribution in [0.25, 0.3) is 0 Å². The molecule has 0 saturated carbocycles. The van der Waals surface area contributed by atoms with E-state index in [2.05, 4.69) is 15.5 Å². The van der Waals surface area contributed by atoms with E-state index in [1.807, 2.05) is 13.8 Å². The smallest absolute Gasteiger partial charge is 0.262 e. The van der Waals surface area contributed by atoms with Gasteiger partial charge in [-0.2, -0.15) is 0 Å². The second-order valence-corrected chi connectivity index (χ2v) is 7.45. The first-order valence-electron chi connectivity index (χ1n) is 9.68. The number of carbonyl (C=O) groups is 3. The molecule has 0 aromatic heterocycles. The number of carbonyl (C=O) groups excluding carboxylic acids is 3. The van der Waals surface area contributed by atoms with Gasteiger partial charge in [0.1, 0.15) is 6.04 Å². The maximum absolute atomic E-state index is 12.8. The Hall–Kier alpha value is -1.96. The highest BCUT2D eigenvalue weighted by atomic mass is 35.5. The summed E-state index contributed by atoms with van der Waals surface area (Å²) in [6.45, 7) is 9.23. The van der Waals surface area contributed by atoms with E-state index in [9.17, 15) is 14.4 Å². The SMILES string of the molecule is CC(C)C(C(=O)NCCCN1CCNCC1)N1C(=O)c2ccccc2C1=O.Cl. The second-order valence-electron chi connectivity index (χ2n) is 7.45. The number of amides is 3. The van der Waals surface area contributed by atoms with Crippen molar-refractivity contribution < 1.29 is 14.4 Å². The van der Waals surface area contributed by atoms with E-state index in [0.717, 1.165) is 44.0 Å². The number of nitrogens with zero attached hydrogens (tertiary/aromatic N) is 2. The Kier molecular flexibility index (Phi) is 7.98. The van der Waals surface area contributed by atoms with Gasteiger partial charge in [-0.15, -0.1) is 12.4 Å². The van der Waals surface area contributed by atoms with E-state index in [0.29, 0.717) is 17.7 Å². The standard InChI is InChI=1S/C20H28N4O3.ClH/c1-14(2)17(18(25)22-8-5-11-23-12-9-21-10-13-23)24-19(26)15-6-3-4-7-16(15)20(24)27;/h3-4,6-7,14,17,21H,5,8-13H2,1-2H3,(H,22,25);1H. The molecule has 154 valence electrons. The molecule has 2 heterocycles. The van der Waals surface area contributed by atoms with E-state index in [1.165, 1.54) is 0 Å². The summed E-state index contributed by atoms with van der Waals surface area (Å²) in [6.07, 6.45) is 0.846. The summed E-state index contributed by atoms with van der Waals surface area (Å²) >= 11 is 0. The fourth-order valence-electron chi connectivity index (χ4n) is 3.73. The van der Waals surface area contributed by atoms with Crippen LogP contribution in [0.5, 0.6) is 0 Å². The predicted octanol–water partition coefficient (Wildman–Crippen LogP) is 1.14. The molecule has 3 rings (SSSR count). The molecule has 1 aromatic rings. The van der Waals surface area contributed by atoms with Gasteiger partial charge in [-0.05, 0) is 31.0 Å². The minimum absolute atomic E-state index is 0. The molecule has 2 aliphatic rings. The lowest BCUT2D eigenvalue weighted by molar-refractivity contribution is -0.126. The van der Waals surface area contributed by atoms with Crippen LogP contribution in [0.2, 0.25) is 0 Å². The Balaban J connectivity index is 0.00000280. The third-order valence-corrected chi connectivity index (χ3v) is 5.16. The first kappa shape index (κ1) is 22.3. The Morgan fingerprint density at radius 1 is 1.11 bits per heavy atom. The number of hydrogen-bond acceptors (Lipinski definition) is 5. The van der Waals surface area contributed by atoms with Crippen molar-refractivity contribution in [3.05, 3.63) is 35.4 Å². The van der Waals surface area contributed by atoms with Crippen molar-refractivity contribution in [1.29, 1.82) is 0 Å². The summed E-state index contributed by atoms with van der Waals surface area (Å²) in [5, 5.41) is 6.24. The number of rotatable bonds is 7. The van der Waals surface area contributed by atoms with Gasteiger partial charge in [0.15, 0.2) is 0 Å². The fourth-order valence-corrected chi connectivity index (χ4v) is 3.73. The van der Waals surface area contributed by atoms with Crippen molar-refractivity contribution in [2.75, 3.05) is 39.3 Å². The highest BCUT2D eigenvalue weighted by Crippen LogP contribution is 2.27. The van der Waals surface area contributed by atoms with Crippen LogP contribution in [0.4, 0.5) is 0 Å². The first-order chi connectivity index (χ1) is 13.0. The molecule has 28 heavy (non-hydrogen) atoms.